The van der Waals surface area contributed by atoms with Gasteiger partial charge in [0, 0.05) is 11.1 Å². The highest BCUT2D eigenvalue weighted by atomic mass is 79.9. The average Bonchev–Trinajstić information content (AvgIpc) is 3.15. The SMILES string of the molecule is O=C1OC(c2ccc(Cl)c(Cl)c2)=N/C1=C\c1cc(Br)c(OCC(=O)c2ccccc2)c(Br)c1. The summed E-state index contributed by atoms with van der Waals surface area (Å²) in [6, 6.07) is 17.3. The Bertz CT molecular complexity index is 1300. The molecule has 0 atom stereocenters. The van der Waals surface area contributed by atoms with Gasteiger partial charge >= 0.3 is 5.97 Å². The summed E-state index contributed by atoms with van der Waals surface area (Å²) in [5.74, 6) is -0.117. The molecule has 3 aromatic rings. The second-order valence-electron chi connectivity index (χ2n) is 6.86. The van der Waals surface area contributed by atoms with E-state index in [1.165, 1.54) is 0 Å². The van der Waals surface area contributed by atoms with E-state index in [1.807, 2.05) is 6.07 Å². The monoisotopic (exact) mass is 607 g/mol. The first-order chi connectivity index (χ1) is 15.8. The highest BCUT2D eigenvalue weighted by Crippen LogP contribution is 2.36. The van der Waals surface area contributed by atoms with E-state index in [-0.39, 0.29) is 24.0 Å². The van der Waals surface area contributed by atoms with Gasteiger partial charge in [-0.25, -0.2) is 9.79 Å². The smallest absolute Gasteiger partial charge is 0.363 e. The number of aliphatic imine (C=N–C) groups is 1. The van der Waals surface area contributed by atoms with E-state index in [0.717, 1.165) is 0 Å². The van der Waals surface area contributed by atoms with Gasteiger partial charge in [0.05, 0.1) is 19.0 Å². The van der Waals surface area contributed by atoms with Gasteiger partial charge in [0.1, 0.15) is 5.75 Å². The van der Waals surface area contributed by atoms with Crippen LogP contribution in [0.3, 0.4) is 0 Å². The van der Waals surface area contributed by atoms with Crippen molar-refractivity contribution >= 4 is 78.8 Å². The van der Waals surface area contributed by atoms with Crippen LogP contribution >= 0.6 is 55.1 Å². The third kappa shape index (κ3) is 5.55. The van der Waals surface area contributed by atoms with Gasteiger partial charge in [-0.3, -0.25) is 4.79 Å². The number of esters is 1. The molecule has 0 aromatic heterocycles. The molecule has 1 aliphatic rings. The van der Waals surface area contributed by atoms with Gasteiger partial charge in [0.2, 0.25) is 5.90 Å². The van der Waals surface area contributed by atoms with Crippen molar-refractivity contribution in [3.63, 3.8) is 0 Å². The lowest BCUT2D eigenvalue weighted by Gasteiger charge is -2.11. The van der Waals surface area contributed by atoms with Gasteiger partial charge in [-0.15, -0.1) is 0 Å². The molecule has 9 heteroatoms. The Kier molecular flexibility index (Phi) is 7.34. The summed E-state index contributed by atoms with van der Waals surface area (Å²) in [7, 11) is 0. The van der Waals surface area contributed by atoms with E-state index in [0.29, 0.717) is 41.4 Å². The molecule has 1 aliphatic heterocycles. The maximum absolute atomic E-state index is 12.3. The van der Waals surface area contributed by atoms with Gasteiger partial charge in [-0.2, -0.15) is 0 Å². The van der Waals surface area contributed by atoms with Crippen LogP contribution < -0.4 is 4.74 Å². The summed E-state index contributed by atoms with van der Waals surface area (Å²) in [4.78, 5) is 28.9. The first-order valence-corrected chi connectivity index (χ1v) is 11.8. The van der Waals surface area contributed by atoms with Crippen LogP contribution in [0.15, 0.2) is 80.3 Å². The Morgan fingerprint density at radius 3 is 2.36 bits per heavy atom. The fourth-order valence-electron chi connectivity index (χ4n) is 2.97. The van der Waals surface area contributed by atoms with Gasteiger partial charge in [0.25, 0.3) is 0 Å². The maximum atomic E-state index is 12.3. The molecule has 0 saturated heterocycles. The van der Waals surface area contributed by atoms with Gasteiger partial charge in [-0.05, 0) is 73.8 Å². The van der Waals surface area contributed by atoms with Crippen molar-refractivity contribution < 1.29 is 19.1 Å². The molecule has 0 bridgehead atoms. The van der Waals surface area contributed by atoms with Crippen molar-refractivity contribution in [1.82, 2.24) is 0 Å². The molecule has 0 amide bonds. The van der Waals surface area contributed by atoms with E-state index in [9.17, 15) is 9.59 Å². The standard InChI is InChI=1S/C24H13Br2Cl2NO4/c25-16-8-13(9-17(26)22(16)32-12-21(30)14-4-2-1-3-5-14)10-20-24(31)33-23(29-20)15-6-7-18(27)19(28)11-15/h1-11H,12H2/b20-10-. The number of cyclic esters (lactones) is 1. The second kappa shape index (κ2) is 10.2. The van der Waals surface area contributed by atoms with Crippen LogP contribution in [0.4, 0.5) is 0 Å². The third-order valence-electron chi connectivity index (χ3n) is 4.55. The summed E-state index contributed by atoms with van der Waals surface area (Å²) in [6.45, 7) is -0.120. The molecule has 3 aromatic carbocycles. The maximum Gasteiger partial charge on any atom is 0.363 e. The molecular formula is C24H13Br2Cl2NO4. The van der Waals surface area contributed by atoms with E-state index >= 15 is 0 Å². The van der Waals surface area contributed by atoms with E-state index in [2.05, 4.69) is 36.9 Å². The Balaban J connectivity index is 1.53. The van der Waals surface area contributed by atoms with Crippen LogP contribution in [0.25, 0.3) is 6.08 Å². The number of benzene rings is 3. The number of rotatable bonds is 6. The highest BCUT2D eigenvalue weighted by Gasteiger charge is 2.25. The number of carbonyl (C=O) groups is 2. The lowest BCUT2D eigenvalue weighted by molar-refractivity contribution is -0.129. The fraction of sp³-hybridized carbons (Fsp3) is 0.0417. The minimum absolute atomic E-state index is 0.120. The van der Waals surface area contributed by atoms with Crippen molar-refractivity contribution in [3.05, 3.63) is 102 Å². The van der Waals surface area contributed by atoms with Crippen molar-refractivity contribution in [1.29, 1.82) is 0 Å². The molecule has 0 fully saturated rings. The lowest BCUT2D eigenvalue weighted by atomic mass is 10.1. The minimum Gasteiger partial charge on any atom is -0.483 e. The quantitative estimate of drug-likeness (QED) is 0.170. The molecule has 33 heavy (non-hydrogen) atoms. The number of Topliss-reactive ketones (excluding diaryl/α,β-unsaturated/α-hetero) is 1. The minimum atomic E-state index is -0.586. The molecule has 0 aliphatic carbocycles. The van der Waals surface area contributed by atoms with Gasteiger partial charge in [0.15, 0.2) is 18.1 Å². The zero-order valence-electron chi connectivity index (χ0n) is 16.7. The normalized spacial score (nSPS) is 14.2. The Morgan fingerprint density at radius 1 is 1.00 bits per heavy atom. The van der Waals surface area contributed by atoms with Gasteiger partial charge < -0.3 is 9.47 Å². The third-order valence-corrected chi connectivity index (χ3v) is 6.47. The number of carbonyl (C=O) groups excluding carboxylic acids is 2. The fourth-order valence-corrected chi connectivity index (χ4v) is 4.71. The number of hydrogen-bond donors (Lipinski definition) is 0. The molecule has 0 N–H and O–H groups in total. The second-order valence-corrected chi connectivity index (χ2v) is 9.38. The van der Waals surface area contributed by atoms with Crippen LogP contribution in [0.5, 0.6) is 5.75 Å². The van der Waals surface area contributed by atoms with E-state index < -0.39 is 5.97 Å². The molecule has 166 valence electrons. The number of nitrogens with zero attached hydrogens (tertiary/aromatic N) is 1. The summed E-state index contributed by atoms with van der Waals surface area (Å²) < 4.78 is 12.2. The first kappa shape index (κ1) is 23.7. The summed E-state index contributed by atoms with van der Waals surface area (Å²) in [5.41, 5.74) is 1.90. The van der Waals surface area contributed by atoms with E-state index in [4.69, 9.17) is 32.7 Å². The van der Waals surface area contributed by atoms with Crippen LogP contribution in [-0.2, 0) is 9.53 Å². The zero-order valence-corrected chi connectivity index (χ0v) is 21.3. The van der Waals surface area contributed by atoms with Crippen LogP contribution in [0.1, 0.15) is 21.5 Å². The Morgan fingerprint density at radius 2 is 1.70 bits per heavy atom. The molecule has 0 radical (unpaired) electrons. The zero-order chi connectivity index (χ0) is 23.5. The highest BCUT2D eigenvalue weighted by molar-refractivity contribution is 9.11. The average molecular weight is 610 g/mol. The Labute approximate surface area is 216 Å². The molecule has 0 unspecified atom stereocenters. The predicted molar refractivity (Wildman–Crippen MR) is 135 cm³/mol. The number of hydrogen-bond acceptors (Lipinski definition) is 5. The Hall–Kier alpha value is -2.45. The van der Waals surface area contributed by atoms with Crippen molar-refractivity contribution in [3.8, 4) is 5.75 Å². The van der Waals surface area contributed by atoms with E-state index in [1.54, 1.807) is 60.7 Å². The molecular weight excluding hydrogens is 597 g/mol. The topological polar surface area (TPSA) is 65.0 Å². The van der Waals surface area contributed by atoms with Crippen LogP contribution in [0.2, 0.25) is 10.0 Å². The summed E-state index contributed by atoms with van der Waals surface area (Å²) in [5, 5.41) is 0.725. The summed E-state index contributed by atoms with van der Waals surface area (Å²) >= 11 is 18.9. The lowest BCUT2D eigenvalue weighted by Crippen LogP contribution is -2.12. The molecule has 4 rings (SSSR count). The first-order valence-electron chi connectivity index (χ1n) is 9.50. The number of halogens is 4. The molecule has 0 spiro atoms. The predicted octanol–water partition coefficient (Wildman–Crippen LogP) is 7.12. The molecule has 0 saturated carbocycles. The van der Waals surface area contributed by atoms with Crippen LogP contribution in [0, 0.1) is 0 Å². The van der Waals surface area contributed by atoms with Crippen molar-refractivity contribution in [2.75, 3.05) is 6.61 Å². The summed E-state index contributed by atoms with van der Waals surface area (Å²) in [6.07, 6.45) is 1.58. The molecule has 1 heterocycles. The van der Waals surface area contributed by atoms with Gasteiger partial charge in [-0.1, -0.05) is 53.5 Å². The number of ether oxygens (including phenoxy) is 2. The van der Waals surface area contributed by atoms with Crippen molar-refractivity contribution in [2.24, 2.45) is 4.99 Å². The largest absolute Gasteiger partial charge is 0.483 e. The molecule has 5 nitrogen and oxygen atoms in total. The van der Waals surface area contributed by atoms with Crippen LogP contribution in [-0.4, -0.2) is 24.3 Å². The van der Waals surface area contributed by atoms with Crippen molar-refractivity contribution in [2.45, 2.75) is 0 Å². The number of ketones is 1.